The van der Waals surface area contributed by atoms with E-state index in [0.29, 0.717) is 25.3 Å². The molecule has 2 aliphatic rings. The molecule has 2 aliphatic heterocycles. The van der Waals surface area contributed by atoms with Crippen molar-refractivity contribution >= 4 is 11.9 Å². The van der Waals surface area contributed by atoms with E-state index in [-0.39, 0.29) is 11.9 Å². The number of carbonyl (C=O) groups excluding carboxylic acids is 1. The first-order valence-corrected chi connectivity index (χ1v) is 8.77. The lowest BCUT2D eigenvalue weighted by molar-refractivity contribution is -0.157. The second-order valence-electron chi connectivity index (χ2n) is 6.86. The van der Waals surface area contributed by atoms with E-state index in [1.54, 1.807) is 0 Å². The van der Waals surface area contributed by atoms with Crippen molar-refractivity contribution in [2.75, 3.05) is 6.54 Å². The molecule has 0 aliphatic carbocycles. The molecule has 6 heteroatoms. The zero-order valence-electron chi connectivity index (χ0n) is 14.2. The number of hydrogen-bond acceptors (Lipinski definition) is 4. The second kappa shape index (κ2) is 6.97. The van der Waals surface area contributed by atoms with Gasteiger partial charge in [-0.3, -0.25) is 4.79 Å². The van der Waals surface area contributed by atoms with Crippen LogP contribution in [0.25, 0.3) is 0 Å². The smallest absolute Gasteiger partial charge is 0.332 e. The Hall–Kier alpha value is -1.82. The maximum atomic E-state index is 12.9. The average Bonchev–Trinajstić information content (AvgIpc) is 3.23. The zero-order valence-corrected chi connectivity index (χ0v) is 14.2. The van der Waals surface area contributed by atoms with Crippen LogP contribution in [0.5, 0.6) is 0 Å². The van der Waals surface area contributed by atoms with E-state index in [4.69, 9.17) is 14.3 Å². The SMILES string of the molecule is CCc1ccc(C2CC(C)CCN2C(=O)[C@@H]2CC[C@H](C(=O)O)O2)o1. The minimum Gasteiger partial charge on any atom is -0.479 e. The van der Waals surface area contributed by atoms with Crippen LogP contribution >= 0.6 is 0 Å². The van der Waals surface area contributed by atoms with Gasteiger partial charge in [0.1, 0.15) is 17.6 Å². The molecule has 1 aromatic heterocycles. The highest BCUT2D eigenvalue weighted by Crippen LogP contribution is 2.36. The van der Waals surface area contributed by atoms with Crippen LogP contribution in [0.2, 0.25) is 0 Å². The van der Waals surface area contributed by atoms with Crippen LogP contribution in [-0.2, 0) is 20.7 Å². The molecular formula is C18H25NO5. The number of aliphatic carboxylic acids is 1. The van der Waals surface area contributed by atoms with Crippen LogP contribution in [0.15, 0.2) is 16.5 Å². The van der Waals surface area contributed by atoms with E-state index >= 15 is 0 Å². The number of carboxylic acids is 1. The van der Waals surface area contributed by atoms with Crippen LogP contribution in [0.1, 0.15) is 57.1 Å². The van der Waals surface area contributed by atoms with Crippen LogP contribution in [0, 0.1) is 5.92 Å². The first-order valence-electron chi connectivity index (χ1n) is 8.77. The Balaban J connectivity index is 1.76. The third kappa shape index (κ3) is 3.34. The zero-order chi connectivity index (χ0) is 17.3. The number of carboxylic acid groups (broad SMARTS) is 1. The van der Waals surface area contributed by atoms with Gasteiger partial charge in [0.05, 0.1) is 6.04 Å². The van der Waals surface area contributed by atoms with Crippen LogP contribution in [-0.4, -0.2) is 40.6 Å². The number of ether oxygens (including phenoxy) is 1. The molecule has 1 amide bonds. The monoisotopic (exact) mass is 335 g/mol. The maximum Gasteiger partial charge on any atom is 0.332 e. The number of likely N-dealkylation sites (tertiary alicyclic amines) is 1. The molecular weight excluding hydrogens is 310 g/mol. The summed E-state index contributed by atoms with van der Waals surface area (Å²) in [6.07, 6.45) is 1.96. The number of rotatable bonds is 4. The normalized spacial score (nSPS) is 30.5. The van der Waals surface area contributed by atoms with Crippen molar-refractivity contribution < 1.29 is 23.8 Å². The van der Waals surface area contributed by atoms with Crippen LogP contribution in [0.4, 0.5) is 0 Å². The summed E-state index contributed by atoms with van der Waals surface area (Å²) in [6, 6.07) is 3.83. The predicted molar refractivity (Wildman–Crippen MR) is 86.5 cm³/mol. The van der Waals surface area contributed by atoms with E-state index in [9.17, 15) is 9.59 Å². The summed E-state index contributed by atoms with van der Waals surface area (Å²) in [5.41, 5.74) is 0. The van der Waals surface area contributed by atoms with Crippen LogP contribution < -0.4 is 0 Å². The Labute approximate surface area is 141 Å². The minimum atomic E-state index is -0.993. The minimum absolute atomic E-state index is 0.0889. The average molecular weight is 335 g/mol. The maximum absolute atomic E-state index is 12.9. The van der Waals surface area contributed by atoms with Gasteiger partial charge < -0.3 is 19.2 Å². The van der Waals surface area contributed by atoms with Gasteiger partial charge >= 0.3 is 5.97 Å². The van der Waals surface area contributed by atoms with Gasteiger partial charge in [0, 0.05) is 13.0 Å². The fourth-order valence-electron chi connectivity index (χ4n) is 3.62. The molecule has 6 nitrogen and oxygen atoms in total. The molecule has 0 aromatic carbocycles. The number of amides is 1. The van der Waals surface area contributed by atoms with Crippen LogP contribution in [0.3, 0.4) is 0 Å². The highest BCUT2D eigenvalue weighted by atomic mass is 16.5. The molecule has 1 N–H and O–H groups in total. The number of aryl methyl sites for hydroxylation is 1. The van der Waals surface area contributed by atoms with E-state index in [1.165, 1.54) is 0 Å². The van der Waals surface area contributed by atoms with Crippen molar-refractivity contribution in [3.05, 3.63) is 23.7 Å². The van der Waals surface area contributed by atoms with Gasteiger partial charge in [-0.25, -0.2) is 4.79 Å². The van der Waals surface area contributed by atoms with Gasteiger partial charge in [0.2, 0.25) is 0 Å². The summed E-state index contributed by atoms with van der Waals surface area (Å²) in [4.78, 5) is 25.8. The molecule has 3 rings (SSSR count). The Kier molecular flexibility index (Phi) is 4.94. The highest BCUT2D eigenvalue weighted by molar-refractivity contribution is 5.83. The van der Waals surface area contributed by atoms with Gasteiger partial charge in [-0.15, -0.1) is 0 Å². The van der Waals surface area contributed by atoms with E-state index < -0.39 is 18.2 Å². The predicted octanol–water partition coefficient (Wildman–Crippen LogP) is 2.77. The lowest BCUT2D eigenvalue weighted by atomic mass is 9.90. The van der Waals surface area contributed by atoms with E-state index in [0.717, 1.165) is 30.8 Å². The number of piperidine rings is 1. The quantitative estimate of drug-likeness (QED) is 0.915. The summed E-state index contributed by atoms with van der Waals surface area (Å²) in [7, 11) is 0. The van der Waals surface area contributed by atoms with Crippen molar-refractivity contribution in [2.45, 2.75) is 64.2 Å². The summed E-state index contributed by atoms with van der Waals surface area (Å²) in [5, 5.41) is 9.05. The van der Waals surface area contributed by atoms with E-state index in [1.807, 2.05) is 24.0 Å². The molecule has 0 spiro atoms. The standard InChI is InChI=1S/C18H25NO5/c1-3-12-4-5-14(23-12)13-10-11(2)8-9-19(13)17(20)15-6-7-16(24-15)18(21)22/h4-5,11,13,15-16H,3,6-10H2,1-2H3,(H,21,22)/t11?,13?,15-,16+/m0/s1. The number of carbonyl (C=O) groups is 2. The number of hydrogen-bond donors (Lipinski definition) is 1. The Morgan fingerprint density at radius 1 is 1.25 bits per heavy atom. The van der Waals surface area contributed by atoms with Crippen molar-refractivity contribution in [1.29, 1.82) is 0 Å². The van der Waals surface area contributed by atoms with Crippen molar-refractivity contribution in [3.63, 3.8) is 0 Å². The largest absolute Gasteiger partial charge is 0.479 e. The van der Waals surface area contributed by atoms with Gasteiger partial charge in [0.15, 0.2) is 6.10 Å². The number of nitrogens with zero attached hydrogens (tertiary/aromatic N) is 1. The summed E-state index contributed by atoms with van der Waals surface area (Å²) >= 11 is 0. The molecule has 24 heavy (non-hydrogen) atoms. The van der Waals surface area contributed by atoms with Crippen molar-refractivity contribution in [3.8, 4) is 0 Å². The number of furan rings is 1. The molecule has 2 unspecified atom stereocenters. The Morgan fingerprint density at radius 2 is 2.00 bits per heavy atom. The van der Waals surface area contributed by atoms with Crippen molar-refractivity contribution in [1.82, 2.24) is 4.90 Å². The molecule has 0 radical (unpaired) electrons. The summed E-state index contributed by atoms with van der Waals surface area (Å²) < 4.78 is 11.3. The molecule has 2 fully saturated rings. The third-order valence-electron chi connectivity index (χ3n) is 5.08. The summed E-state index contributed by atoms with van der Waals surface area (Å²) in [6.45, 7) is 4.88. The lowest BCUT2D eigenvalue weighted by Crippen LogP contribution is -2.45. The molecule has 2 saturated heterocycles. The molecule has 0 bridgehead atoms. The molecule has 1 aromatic rings. The van der Waals surface area contributed by atoms with Gasteiger partial charge in [-0.2, -0.15) is 0 Å². The second-order valence-corrected chi connectivity index (χ2v) is 6.86. The Morgan fingerprint density at radius 3 is 2.62 bits per heavy atom. The molecule has 3 heterocycles. The lowest BCUT2D eigenvalue weighted by Gasteiger charge is -2.38. The Bertz CT molecular complexity index is 610. The highest BCUT2D eigenvalue weighted by Gasteiger charge is 2.41. The van der Waals surface area contributed by atoms with Gasteiger partial charge in [-0.1, -0.05) is 13.8 Å². The van der Waals surface area contributed by atoms with Gasteiger partial charge in [-0.05, 0) is 43.7 Å². The first-order chi connectivity index (χ1) is 11.5. The molecule has 4 atom stereocenters. The van der Waals surface area contributed by atoms with Crippen molar-refractivity contribution in [2.24, 2.45) is 5.92 Å². The third-order valence-corrected chi connectivity index (χ3v) is 5.08. The fourth-order valence-corrected chi connectivity index (χ4v) is 3.62. The molecule has 132 valence electrons. The van der Waals surface area contributed by atoms with Gasteiger partial charge in [0.25, 0.3) is 5.91 Å². The molecule has 0 saturated carbocycles. The fraction of sp³-hybridized carbons (Fsp3) is 0.667. The topological polar surface area (TPSA) is 80.0 Å². The van der Waals surface area contributed by atoms with E-state index in [2.05, 4.69) is 6.92 Å². The summed E-state index contributed by atoms with van der Waals surface area (Å²) in [5.74, 6) is 1.15. The first kappa shape index (κ1) is 17.0.